The van der Waals surface area contributed by atoms with Crippen molar-refractivity contribution < 1.29 is 28.7 Å². The number of piperidine rings is 1. The second-order valence-corrected chi connectivity index (χ2v) is 12.9. The number of hydrogen-bond acceptors (Lipinski definition) is 9. The lowest BCUT2D eigenvalue weighted by molar-refractivity contribution is -0.145. The van der Waals surface area contributed by atoms with E-state index in [-0.39, 0.29) is 47.8 Å². The smallest absolute Gasteiger partial charge is 0.410 e. The van der Waals surface area contributed by atoms with Crippen molar-refractivity contribution in [2.24, 2.45) is 23.7 Å². The minimum atomic E-state index is -0.794. The number of aromatic nitrogens is 2. The van der Waals surface area contributed by atoms with E-state index in [0.717, 1.165) is 11.1 Å². The minimum Gasteiger partial charge on any atom is -0.466 e. The van der Waals surface area contributed by atoms with E-state index in [0.29, 0.717) is 57.5 Å². The Morgan fingerprint density at radius 3 is 2.10 bits per heavy atom. The monoisotopic (exact) mass is 654 g/mol. The zero-order valence-corrected chi connectivity index (χ0v) is 27.6. The number of hydrogen-bond donors (Lipinski definition) is 1. The van der Waals surface area contributed by atoms with Crippen LogP contribution in [0.2, 0.25) is 0 Å². The molecule has 1 N–H and O–H groups in total. The quantitative estimate of drug-likeness (QED) is 0.326. The number of carbonyl (C=O) groups is 4. The van der Waals surface area contributed by atoms with Gasteiger partial charge in [0.1, 0.15) is 24.2 Å². The maximum absolute atomic E-state index is 13.8. The predicted octanol–water partition coefficient (Wildman–Crippen LogP) is 3.62. The Morgan fingerprint density at radius 1 is 0.854 bits per heavy atom. The van der Waals surface area contributed by atoms with Gasteiger partial charge in [0.25, 0.3) is 5.91 Å². The lowest BCUT2D eigenvalue weighted by atomic mass is 10.0. The number of fused-ring (bicyclic) bond motifs is 1. The minimum absolute atomic E-state index is 0.0842. The molecular formula is C36H42N6O6. The second kappa shape index (κ2) is 14.4. The van der Waals surface area contributed by atoms with Crippen LogP contribution >= 0.6 is 0 Å². The van der Waals surface area contributed by atoms with Crippen LogP contribution in [0.15, 0.2) is 66.7 Å². The van der Waals surface area contributed by atoms with Crippen molar-refractivity contribution >= 4 is 29.7 Å². The predicted molar refractivity (Wildman–Crippen MR) is 178 cm³/mol. The summed E-state index contributed by atoms with van der Waals surface area (Å²) in [6, 6.07) is 19.8. The van der Waals surface area contributed by atoms with E-state index in [1.54, 1.807) is 15.9 Å². The van der Waals surface area contributed by atoms with Gasteiger partial charge in [-0.05, 0) is 30.2 Å². The van der Waals surface area contributed by atoms with Gasteiger partial charge in [0.15, 0.2) is 5.82 Å². The van der Waals surface area contributed by atoms with Crippen LogP contribution < -0.4 is 10.2 Å². The lowest BCUT2D eigenvalue weighted by Crippen LogP contribution is -2.57. The fourth-order valence-electron chi connectivity index (χ4n) is 6.58. The largest absolute Gasteiger partial charge is 0.466 e. The van der Waals surface area contributed by atoms with Gasteiger partial charge in [-0.3, -0.25) is 14.4 Å². The standard InChI is InChI=1S/C36H42N6O6/c1-4-47-35(45)30-26-20-42(21-27(26)30)29-19-28(37-32(38-29)25-13-9-6-10-14-25)33(43)39-31(23(2)3)34(44)40-15-17-41(18-16-40)36(46)48-22-24-11-7-5-8-12-24/h5-14,19,23,26-27,30-31H,4,15-18,20-22H2,1-3H3,(H,39,43)/t26-,27+,30?,31-/m0/s1. The number of rotatable bonds is 10. The molecular weight excluding hydrogens is 612 g/mol. The lowest BCUT2D eigenvalue weighted by Gasteiger charge is -2.36. The summed E-state index contributed by atoms with van der Waals surface area (Å²) in [5, 5.41) is 2.95. The molecule has 48 heavy (non-hydrogen) atoms. The van der Waals surface area contributed by atoms with Crippen LogP contribution in [0.25, 0.3) is 11.4 Å². The number of anilines is 1. The number of carbonyl (C=O) groups excluding carboxylic acids is 4. The molecule has 6 rings (SSSR count). The van der Waals surface area contributed by atoms with Crippen molar-refractivity contribution in [1.29, 1.82) is 0 Å². The van der Waals surface area contributed by atoms with Crippen molar-refractivity contribution in [1.82, 2.24) is 25.1 Å². The van der Waals surface area contributed by atoms with Gasteiger partial charge < -0.3 is 29.5 Å². The second-order valence-electron chi connectivity index (χ2n) is 12.9. The number of ether oxygens (including phenoxy) is 2. The van der Waals surface area contributed by atoms with Crippen LogP contribution in [0, 0.1) is 23.7 Å². The Kier molecular flexibility index (Phi) is 9.88. The van der Waals surface area contributed by atoms with Gasteiger partial charge in [0, 0.05) is 50.9 Å². The van der Waals surface area contributed by atoms with Crippen LogP contribution in [0.4, 0.5) is 10.6 Å². The Balaban J connectivity index is 1.11. The molecule has 3 amide bonds. The summed E-state index contributed by atoms with van der Waals surface area (Å²) in [6.45, 7) is 8.74. The highest BCUT2D eigenvalue weighted by molar-refractivity contribution is 5.97. The van der Waals surface area contributed by atoms with E-state index in [2.05, 4.69) is 15.2 Å². The van der Waals surface area contributed by atoms with Gasteiger partial charge in [-0.15, -0.1) is 0 Å². The summed E-state index contributed by atoms with van der Waals surface area (Å²) < 4.78 is 10.7. The summed E-state index contributed by atoms with van der Waals surface area (Å²) in [6.07, 6.45) is -0.417. The average molecular weight is 655 g/mol. The van der Waals surface area contributed by atoms with E-state index in [4.69, 9.17) is 14.5 Å². The third-order valence-corrected chi connectivity index (χ3v) is 9.33. The molecule has 2 aromatic carbocycles. The molecule has 0 radical (unpaired) electrons. The first-order valence-electron chi connectivity index (χ1n) is 16.6. The summed E-state index contributed by atoms with van der Waals surface area (Å²) in [5.41, 5.74) is 1.83. The molecule has 3 aromatic rings. The third kappa shape index (κ3) is 7.27. The molecule has 3 heterocycles. The molecule has 3 aliphatic rings. The molecule has 4 atom stereocenters. The van der Waals surface area contributed by atoms with E-state index >= 15 is 0 Å². The highest BCUT2D eigenvalue weighted by atomic mass is 16.6. The van der Waals surface area contributed by atoms with Crippen LogP contribution in [-0.2, 0) is 25.7 Å². The Labute approximate surface area is 280 Å². The third-order valence-electron chi connectivity index (χ3n) is 9.33. The van der Waals surface area contributed by atoms with Gasteiger partial charge >= 0.3 is 12.1 Å². The number of nitrogens with zero attached hydrogens (tertiary/aromatic N) is 5. The van der Waals surface area contributed by atoms with Gasteiger partial charge in [-0.25, -0.2) is 14.8 Å². The first kappa shape index (κ1) is 32.9. The van der Waals surface area contributed by atoms with Crippen molar-refractivity contribution in [2.75, 3.05) is 50.8 Å². The summed E-state index contributed by atoms with van der Waals surface area (Å²) in [4.78, 5) is 67.3. The highest BCUT2D eigenvalue weighted by Gasteiger charge is 2.60. The first-order chi connectivity index (χ1) is 23.2. The van der Waals surface area contributed by atoms with Crippen molar-refractivity contribution in [3.05, 3.63) is 78.0 Å². The summed E-state index contributed by atoms with van der Waals surface area (Å²) in [5.74, 6) is 0.298. The van der Waals surface area contributed by atoms with E-state index in [1.807, 2.05) is 81.4 Å². The molecule has 0 bridgehead atoms. The fraction of sp³-hybridized carbons (Fsp3) is 0.444. The van der Waals surface area contributed by atoms with Gasteiger partial charge in [0.05, 0.1) is 12.5 Å². The molecule has 3 fully saturated rings. The van der Waals surface area contributed by atoms with Gasteiger partial charge in [0.2, 0.25) is 5.91 Å². The van der Waals surface area contributed by atoms with Crippen molar-refractivity contribution in [2.45, 2.75) is 33.4 Å². The zero-order chi connectivity index (χ0) is 33.8. The zero-order valence-electron chi connectivity index (χ0n) is 27.6. The van der Waals surface area contributed by atoms with Crippen LogP contribution in [0.1, 0.15) is 36.8 Å². The molecule has 12 heteroatoms. The summed E-state index contributed by atoms with van der Waals surface area (Å²) >= 11 is 0. The molecule has 1 unspecified atom stereocenters. The molecule has 252 valence electrons. The Bertz CT molecular complexity index is 1620. The average Bonchev–Trinajstić information content (AvgIpc) is 3.62. The number of nitrogens with one attached hydrogen (secondary N) is 1. The molecule has 12 nitrogen and oxygen atoms in total. The van der Waals surface area contributed by atoms with Crippen molar-refractivity contribution in [3.63, 3.8) is 0 Å². The van der Waals surface area contributed by atoms with Crippen LogP contribution in [-0.4, -0.2) is 95.6 Å². The van der Waals surface area contributed by atoms with Gasteiger partial charge in [-0.2, -0.15) is 0 Å². The van der Waals surface area contributed by atoms with Crippen LogP contribution in [0.3, 0.4) is 0 Å². The topological polar surface area (TPSA) is 134 Å². The Hall–Kier alpha value is -5.00. The maximum Gasteiger partial charge on any atom is 0.410 e. The van der Waals surface area contributed by atoms with E-state index < -0.39 is 18.0 Å². The number of esters is 1. The molecule has 0 spiro atoms. The van der Waals surface area contributed by atoms with E-state index in [1.165, 1.54) is 0 Å². The maximum atomic E-state index is 13.8. The number of amides is 3. The SMILES string of the molecule is CCOC(=O)C1[C@H]2CN(c3cc(C(=O)N[C@H](C(=O)N4CCN(C(=O)OCc5ccccc5)CC4)C(C)C)nc(-c4ccccc4)n3)C[C@@H]12. The highest BCUT2D eigenvalue weighted by Crippen LogP contribution is 2.53. The molecule has 1 aromatic heterocycles. The van der Waals surface area contributed by atoms with Crippen molar-refractivity contribution in [3.8, 4) is 11.4 Å². The first-order valence-corrected chi connectivity index (χ1v) is 16.6. The number of piperazine rings is 1. The molecule has 1 aliphatic carbocycles. The number of benzene rings is 2. The Morgan fingerprint density at radius 2 is 1.48 bits per heavy atom. The van der Waals surface area contributed by atoms with Gasteiger partial charge in [-0.1, -0.05) is 74.5 Å². The molecule has 2 saturated heterocycles. The normalized spacial score (nSPS) is 20.6. The summed E-state index contributed by atoms with van der Waals surface area (Å²) in [7, 11) is 0. The fourth-order valence-corrected chi connectivity index (χ4v) is 6.58. The van der Waals surface area contributed by atoms with E-state index in [9.17, 15) is 19.2 Å². The van der Waals surface area contributed by atoms with Crippen LogP contribution in [0.5, 0.6) is 0 Å². The molecule has 2 aliphatic heterocycles. The molecule has 1 saturated carbocycles.